The van der Waals surface area contributed by atoms with Crippen LogP contribution in [0.2, 0.25) is 0 Å². The van der Waals surface area contributed by atoms with Crippen LogP contribution in [0, 0.1) is 22.7 Å². The second-order valence-corrected chi connectivity index (χ2v) is 10.5. The van der Waals surface area contributed by atoms with Gasteiger partial charge in [0.25, 0.3) is 0 Å². The number of nitriles is 2. The van der Waals surface area contributed by atoms with Gasteiger partial charge in [0.15, 0.2) is 24.1 Å². The first kappa shape index (κ1) is 32.4. The molecule has 0 saturated carbocycles. The fraction of sp³-hybridized carbons (Fsp3) is 0.423. The molecule has 0 spiro atoms. The number of benzene rings is 1. The molecule has 0 radical (unpaired) electrons. The van der Waals surface area contributed by atoms with Gasteiger partial charge in [0, 0.05) is 33.3 Å². The van der Waals surface area contributed by atoms with Crippen molar-refractivity contribution >= 4 is 53.2 Å². The molecule has 0 aromatic heterocycles. The first-order valence-corrected chi connectivity index (χ1v) is 13.6. The minimum atomic E-state index is -1.41. The van der Waals surface area contributed by atoms with Gasteiger partial charge in [-0.25, -0.2) is 0 Å². The van der Waals surface area contributed by atoms with E-state index in [9.17, 15) is 34.5 Å². The zero-order valence-corrected chi connectivity index (χ0v) is 23.6. The quantitative estimate of drug-likeness (QED) is 0.159. The summed E-state index contributed by atoms with van der Waals surface area (Å²) in [6, 6.07) is 11.9. The summed E-state index contributed by atoms with van der Waals surface area (Å²) >= 11 is 1.67. The van der Waals surface area contributed by atoms with Crippen LogP contribution in [0.1, 0.15) is 38.1 Å². The Balaban J connectivity index is 2.50. The summed E-state index contributed by atoms with van der Waals surface area (Å²) in [7, 11) is 0. The molecule has 12 nitrogen and oxygen atoms in total. The Morgan fingerprint density at radius 2 is 1.38 bits per heavy atom. The molecule has 2 rings (SSSR count). The lowest BCUT2D eigenvalue weighted by molar-refractivity contribution is -0.237. The summed E-state index contributed by atoms with van der Waals surface area (Å²) in [4.78, 5) is 60.2. The van der Waals surface area contributed by atoms with E-state index in [0.29, 0.717) is 5.56 Å². The number of ketones is 1. The molecule has 212 valence electrons. The van der Waals surface area contributed by atoms with Crippen LogP contribution in [-0.2, 0) is 42.9 Å². The fourth-order valence-electron chi connectivity index (χ4n) is 3.51. The molecule has 1 aliphatic heterocycles. The molecule has 1 aliphatic rings. The van der Waals surface area contributed by atoms with Gasteiger partial charge in [0.05, 0.1) is 9.99 Å². The molecule has 0 N–H and O–H groups in total. The van der Waals surface area contributed by atoms with E-state index in [-0.39, 0.29) is 21.3 Å². The molecule has 1 aromatic rings. The third kappa shape index (κ3) is 9.72. The second-order valence-electron chi connectivity index (χ2n) is 8.15. The number of carbonyl (C=O) groups excluding carboxylic acids is 5. The lowest BCUT2D eigenvalue weighted by atomic mass is 9.99. The SMILES string of the molecule is CC(=O)OC[C@H]1O[C@@H](SC(SCC(=O)c2ccccc2)=C(C#N)C#N)[C@H](OC(C)=O)[C@@H](OC(C)=O)[C@@H]1OC(C)=O. The molecule has 1 aromatic carbocycles. The number of thioether (sulfide) groups is 2. The molecule has 5 atom stereocenters. The van der Waals surface area contributed by atoms with Crippen molar-refractivity contribution in [1.29, 1.82) is 10.5 Å². The van der Waals surface area contributed by atoms with Crippen LogP contribution in [0.5, 0.6) is 0 Å². The van der Waals surface area contributed by atoms with Crippen LogP contribution in [0.15, 0.2) is 40.1 Å². The normalized spacial score (nSPS) is 21.5. The fourth-order valence-corrected chi connectivity index (χ4v) is 5.87. The van der Waals surface area contributed by atoms with Gasteiger partial charge in [-0.2, -0.15) is 10.5 Å². The maximum atomic E-state index is 12.7. The van der Waals surface area contributed by atoms with Crippen LogP contribution in [-0.4, -0.2) is 71.9 Å². The van der Waals surface area contributed by atoms with Crippen molar-refractivity contribution in [3.8, 4) is 12.1 Å². The molecule has 40 heavy (non-hydrogen) atoms. The third-order valence-corrected chi connectivity index (χ3v) is 7.57. The van der Waals surface area contributed by atoms with Crippen LogP contribution >= 0.6 is 23.5 Å². The van der Waals surface area contributed by atoms with Crippen molar-refractivity contribution < 1.29 is 47.7 Å². The standard InChI is InChI=1S/C26H26N2O10S2/c1-14(29)34-12-21-22(35-15(2)30)23(36-16(3)31)24(37-17(4)32)25(38-21)40-26(19(10-27)11-28)39-13-20(33)18-8-6-5-7-9-18/h5-9,21-25H,12-13H2,1-4H3/t21-,22-,23+,24-,25+/m1/s1. The van der Waals surface area contributed by atoms with Crippen molar-refractivity contribution in [1.82, 2.24) is 0 Å². The van der Waals surface area contributed by atoms with E-state index >= 15 is 0 Å². The molecule has 0 bridgehead atoms. The van der Waals surface area contributed by atoms with E-state index in [1.165, 1.54) is 0 Å². The van der Waals surface area contributed by atoms with Crippen LogP contribution in [0.3, 0.4) is 0 Å². The highest BCUT2D eigenvalue weighted by molar-refractivity contribution is 8.22. The zero-order chi connectivity index (χ0) is 29.8. The molecule has 1 heterocycles. The number of allylic oxidation sites excluding steroid dienone is 1. The molecule has 1 fully saturated rings. The summed E-state index contributed by atoms with van der Waals surface area (Å²) in [6.07, 6.45) is -5.37. The lowest BCUT2D eigenvalue weighted by Crippen LogP contribution is -2.61. The minimum absolute atomic E-state index is 0.0650. The summed E-state index contributed by atoms with van der Waals surface area (Å²) in [5.41, 5.74) is -1.18. The number of rotatable bonds is 11. The van der Waals surface area contributed by atoms with E-state index in [1.807, 2.05) is 0 Å². The Kier molecular flexibility index (Phi) is 12.7. The molecule has 0 aliphatic carbocycles. The third-order valence-electron chi connectivity index (χ3n) is 5.03. The number of Topliss-reactive ketones (excluding diaryl/α,β-unsaturated/α-hetero) is 1. The van der Waals surface area contributed by atoms with Gasteiger partial charge in [-0.15, -0.1) is 11.8 Å². The first-order chi connectivity index (χ1) is 19.0. The van der Waals surface area contributed by atoms with Crippen LogP contribution in [0.25, 0.3) is 0 Å². The Hall–Kier alpha value is -3.85. The average molecular weight is 591 g/mol. The van der Waals surface area contributed by atoms with Crippen molar-refractivity contribution in [2.24, 2.45) is 0 Å². The van der Waals surface area contributed by atoms with Gasteiger partial charge in [0.1, 0.15) is 35.9 Å². The second kappa shape index (κ2) is 15.7. The maximum absolute atomic E-state index is 12.7. The van der Waals surface area contributed by atoms with E-state index in [4.69, 9.17) is 23.7 Å². The van der Waals surface area contributed by atoms with Crippen molar-refractivity contribution in [3.05, 3.63) is 45.7 Å². The Labute approximate surface area is 238 Å². The predicted molar refractivity (Wildman–Crippen MR) is 141 cm³/mol. The van der Waals surface area contributed by atoms with Crippen molar-refractivity contribution in [2.45, 2.75) is 57.5 Å². The van der Waals surface area contributed by atoms with Gasteiger partial charge >= 0.3 is 23.9 Å². The number of carbonyl (C=O) groups is 5. The Morgan fingerprint density at radius 3 is 1.90 bits per heavy atom. The van der Waals surface area contributed by atoms with Crippen LogP contribution < -0.4 is 0 Å². The number of hydrogen-bond acceptors (Lipinski definition) is 14. The highest BCUT2D eigenvalue weighted by Crippen LogP contribution is 2.42. The van der Waals surface area contributed by atoms with Gasteiger partial charge in [-0.3, -0.25) is 24.0 Å². The van der Waals surface area contributed by atoms with Crippen molar-refractivity contribution in [3.63, 3.8) is 0 Å². The van der Waals surface area contributed by atoms with Gasteiger partial charge in [-0.05, 0) is 0 Å². The molecule has 0 unspecified atom stereocenters. The number of esters is 4. The zero-order valence-electron chi connectivity index (χ0n) is 22.0. The van der Waals surface area contributed by atoms with Gasteiger partial charge < -0.3 is 23.7 Å². The van der Waals surface area contributed by atoms with Crippen LogP contribution in [0.4, 0.5) is 0 Å². The van der Waals surface area contributed by atoms with E-state index in [1.54, 1.807) is 42.5 Å². The molecular weight excluding hydrogens is 564 g/mol. The molecular formula is C26H26N2O10S2. The van der Waals surface area contributed by atoms with E-state index < -0.39 is 60.3 Å². The maximum Gasteiger partial charge on any atom is 0.303 e. The van der Waals surface area contributed by atoms with E-state index in [2.05, 4.69) is 0 Å². The van der Waals surface area contributed by atoms with Crippen molar-refractivity contribution in [2.75, 3.05) is 12.4 Å². The highest BCUT2D eigenvalue weighted by atomic mass is 32.2. The van der Waals surface area contributed by atoms with E-state index in [0.717, 1.165) is 51.2 Å². The highest BCUT2D eigenvalue weighted by Gasteiger charge is 2.52. The number of ether oxygens (including phenoxy) is 5. The summed E-state index contributed by atoms with van der Waals surface area (Å²) < 4.78 is 27.3. The van der Waals surface area contributed by atoms with Gasteiger partial charge in [-0.1, -0.05) is 42.1 Å². The molecule has 14 heteroatoms. The average Bonchev–Trinajstić information content (AvgIpc) is 2.89. The summed E-state index contributed by atoms with van der Waals surface area (Å²) in [5, 5.41) is 19.2. The molecule has 1 saturated heterocycles. The number of nitrogens with zero attached hydrogens (tertiary/aromatic N) is 2. The number of hydrogen-bond donors (Lipinski definition) is 0. The largest absolute Gasteiger partial charge is 0.463 e. The first-order valence-electron chi connectivity index (χ1n) is 11.7. The predicted octanol–water partition coefficient (Wildman–Crippen LogP) is 2.68. The smallest absolute Gasteiger partial charge is 0.303 e. The minimum Gasteiger partial charge on any atom is -0.463 e. The topological polar surface area (TPSA) is 179 Å². The summed E-state index contributed by atoms with van der Waals surface area (Å²) in [6.45, 7) is 4.00. The monoisotopic (exact) mass is 590 g/mol. The van der Waals surface area contributed by atoms with Gasteiger partial charge in [0.2, 0.25) is 0 Å². The lowest BCUT2D eigenvalue weighted by Gasteiger charge is -2.44. The Morgan fingerprint density at radius 1 is 0.825 bits per heavy atom. The molecule has 0 amide bonds. The summed E-state index contributed by atoms with van der Waals surface area (Å²) in [5.74, 6) is -3.48. The Bertz CT molecular complexity index is 1220.